The molecule has 7 nitrogen and oxygen atoms in total. The number of hydrogen-bond acceptors (Lipinski definition) is 6. The molecule has 0 aliphatic rings. The lowest BCUT2D eigenvalue weighted by Crippen LogP contribution is -2.13. The van der Waals surface area contributed by atoms with Gasteiger partial charge in [0.25, 0.3) is 10.1 Å². The van der Waals surface area contributed by atoms with E-state index in [0.717, 1.165) is 5.56 Å². The molecule has 0 bridgehead atoms. The molecule has 0 aliphatic carbocycles. The Morgan fingerprint density at radius 2 is 2.00 bits per heavy atom. The summed E-state index contributed by atoms with van der Waals surface area (Å²) < 4.78 is 30.5. The van der Waals surface area contributed by atoms with Crippen LogP contribution in [0, 0.1) is 6.92 Å². The van der Waals surface area contributed by atoms with Crippen LogP contribution in [0.4, 0.5) is 0 Å². The Hall–Kier alpha value is -1.32. The standard InChI is InChI=1S/C10H11BrN4O3S/c1-8-2-4-9(5-3-8)19(16,17)18-7-6-15-10(11)12-13-14-15/h2-5H,6-7H2,1H3. The van der Waals surface area contributed by atoms with Crippen LogP contribution in [0.2, 0.25) is 0 Å². The van der Waals surface area contributed by atoms with Crippen LogP contribution in [0.15, 0.2) is 33.9 Å². The number of aryl methyl sites for hydroxylation is 1. The molecule has 19 heavy (non-hydrogen) atoms. The second kappa shape index (κ2) is 5.76. The highest BCUT2D eigenvalue weighted by atomic mass is 79.9. The molecule has 0 fully saturated rings. The number of aromatic nitrogens is 4. The normalized spacial score (nSPS) is 11.7. The molecule has 0 spiro atoms. The predicted molar refractivity (Wildman–Crippen MR) is 69.8 cm³/mol. The lowest BCUT2D eigenvalue weighted by atomic mass is 10.2. The van der Waals surface area contributed by atoms with Crippen LogP contribution >= 0.6 is 15.9 Å². The maximum atomic E-state index is 11.9. The topological polar surface area (TPSA) is 87.0 Å². The van der Waals surface area contributed by atoms with E-state index in [0.29, 0.717) is 4.73 Å². The van der Waals surface area contributed by atoms with Gasteiger partial charge in [-0.3, -0.25) is 4.18 Å². The monoisotopic (exact) mass is 346 g/mol. The maximum absolute atomic E-state index is 11.9. The zero-order chi connectivity index (χ0) is 13.9. The first kappa shape index (κ1) is 14.1. The number of tetrazole rings is 1. The fourth-order valence-electron chi connectivity index (χ4n) is 1.34. The van der Waals surface area contributed by atoms with E-state index >= 15 is 0 Å². The fraction of sp³-hybridized carbons (Fsp3) is 0.300. The molecule has 2 rings (SSSR count). The summed E-state index contributed by atoms with van der Waals surface area (Å²) in [7, 11) is -3.74. The van der Waals surface area contributed by atoms with Gasteiger partial charge < -0.3 is 0 Å². The Kier molecular flexibility index (Phi) is 4.27. The van der Waals surface area contributed by atoms with E-state index in [1.807, 2.05) is 6.92 Å². The number of benzene rings is 1. The van der Waals surface area contributed by atoms with Gasteiger partial charge in [0.15, 0.2) is 0 Å². The average molecular weight is 347 g/mol. The molecule has 2 aromatic rings. The third-order valence-corrected chi connectivity index (χ3v) is 4.23. The summed E-state index contributed by atoms with van der Waals surface area (Å²) in [6, 6.07) is 6.46. The lowest BCUT2D eigenvalue weighted by molar-refractivity contribution is 0.291. The Morgan fingerprint density at radius 1 is 1.32 bits per heavy atom. The molecule has 0 atom stereocenters. The zero-order valence-electron chi connectivity index (χ0n) is 10.0. The summed E-state index contributed by atoms with van der Waals surface area (Å²) in [5, 5.41) is 10.7. The molecule has 0 radical (unpaired) electrons. The van der Waals surface area contributed by atoms with Crippen molar-refractivity contribution in [1.82, 2.24) is 20.2 Å². The van der Waals surface area contributed by atoms with Gasteiger partial charge in [0.05, 0.1) is 18.0 Å². The van der Waals surface area contributed by atoms with E-state index in [2.05, 4.69) is 31.5 Å². The third kappa shape index (κ3) is 3.58. The quantitative estimate of drug-likeness (QED) is 0.754. The fourth-order valence-corrected chi connectivity index (χ4v) is 2.56. The minimum absolute atomic E-state index is 0.0418. The van der Waals surface area contributed by atoms with Crippen LogP contribution in [0.3, 0.4) is 0 Å². The van der Waals surface area contributed by atoms with Gasteiger partial charge in [-0.1, -0.05) is 17.7 Å². The van der Waals surface area contributed by atoms with Crippen molar-refractivity contribution in [3.8, 4) is 0 Å². The van der Waals surface area contributed by atoms with Crippen molar-refractivity contribution in [1.29, 1.82) is 0 Å². The van der Waals surface area contributed by atoms with E-state index < -0.39 is 10.1 Å². The molecule has 0 aliphatic heterocycles. The number of hydrogen-bond donors (Lipinski definition) is 0. The van der Waals surface area contributed by atoms with Gasteiger partial charge in [0.1, 0.15) is 0 Å². The van der Waals surface area contributed by atoms with E-state index in [4.69, 9.17) is 4.18 Å². The highest BCUT2D eigenvalue weighted by Gasteiger charge is 2.15. The molecule has 0 saturated carbocycles. The molecule has 0 saturated heterocycles. The summed E-state index contributed by atoms with van der Waals surface area (Å²) in [6.45, 7) is 2.07. The van der Waals surface area contributed by atoms with Gasteiger partial charge in [-0.15, -0.1) is 5.10 Å². The van der Waals surface area contributed by atoms with Crippen LogP contribution < -0.4 is 0 Å². The van der Waals surface area contributed by atoms with Crippen molar-refractivity contribution in [2.45, 2.75) is 18.4 Å². The summed E-state index contributed by atoms with van der Waals surface area (Å²) >= 11 is 3.12. The first-order valence-electron chi connectivity index (χ1n) is 5.37. The largest absolute Gasteiger partial charge is 0.297 e. The minimum Gasteiger partial charge on any atom is -0.264 e. The van der Waals surface area contributed by atoms with Crippen molar-refractivity contribution in [2.75, 3.05) is 6.61 Å². The summed E-state index contributed by atoms with van der Waals surface area (Å²) in [4.78, 5) is 0.133. The molecule has 1 heterocycles. The molecular formula is C10H11BrN4O3S. The van der Waals surface area contributed by atoms with E-state index in [-0.39, 0.29) is 18.0 Å². The van der Waals surface area contributed by atoms with Crippen molar-refractivity contribution in [3.63, 3.8) is 0 Å². The van der Waals surface area contributed by atoms with Crippen molar-refractivity contribution in [2.24, 2.45) is 0 Å². The van der Waals surface area contributed by atoms with E-state index in [1.54, 1.807) is 12.1 Å². The third-order valence-electron chi connectivity index (χ3n) is 2.34. The first-order valence-corrected chi connectivity index (χ1v) is 7.57. The van der Waals surface area contributed by atoms with Crippen LogP contribution in [0.25, 0.3) is 0 Å². The molecule has 1 aromatic heterocycles. The zero-order valence-corrected chi connectivity index (χ0v) is 12.4. The molecular weight excluding hydrogens is 336 g/mol. The summed E-state index contributed by atoms with van der Waals surface area (Å²) in [5.41, 5.74) is 0.983. The average Bonchev–Trinajstić information content (AvgIpc) is 2.75. The SMILES string of the molecule is Cc1ccc(S(=O)(=O)OCCn2nnnc2Br)cc1. The Labute approximate surface area is 118 Å². The highest BCUT2D eigenvalue weighted by molar-refractivity contribution is 9.10. The molecule has 1 aromatic carbocycles. The molecule has 0 N–H and O–H groups in total. The molecule has 0 amide bonds. The molecule has 9 heteroatoms. The van der Waals surface area contributed by atoms with Crippen molar-refractivity contribution in [3.05, 3.63) is 34.6 Å². The van der Waals surface area contributed by atoms with Gasteiger partial charge in [-0.05, 0) is 45.4 Å². The lowest BCUT2D eigenvalue weighted by Gasteiger charge is -2.06. The second-order valence-electron chi connectivity index (χ2n) is 3.76. The smallest absolute Gasteiger partial charge is 0.264 e. The van der Waals surface area contributed by atoms with Crippen molar-refractivity contribution < 1.29 is 12.6 Å². The summed E-state index contributed by atoms with van der Waals surface area (Å²) in [6.07, 6.45) is 0. The van der Waals surface area contributed by atoms with Crippen LogP contribution in [-0.4, -0.2) is 35.2 Å². The second-order valence-corrected chi connectivity index (χ2v) is 6.08. The van der Waals surface area contributed by atoms with Crippen LogP contribution in [-0.2, 0) is 20.8 Å². The van der Waals surface area contributed by atoms with E-state index in [1.165, 1.54) is 16.8 Å². The Bertz CT molecular complexity index is 654. The van der Waals surface area contributed by atoms with Gasteiger partial charge in [-0.2, -0.15) is 8.42 Å². The van der Waals surface area contributed by atoms with Crippen LogP contribution in [0.5, 0.6) is 0 Å². The predicted octanol–water partition coefficient (Wildman–Crippen LogP) is 1.15. The summed E-state index contributed by atoms with van der Waals surface area (Å²) in [5.74, 6) is 0. The van der Waals surface area contributed by atoms with Crippen LogP contribution in [0.1, 0.15) is 5.56 Å². The van der Waals surface area contributed by atoms with Crippen molar-refractivity contribution >= 4 is 26.0 Å². The number of rotatable bonds is 5. The molecule has 102 valence electrons. The van der Waals surface area contributed by atoms with E-state index in [9.17, 15) is 8.42 Å². The minimum atomic E-state index is -3.74. The molecule has 0 unspecified atom stereocenters. The number of nitrogens with zero attached hydrogens (tertiary/aromatic N) is 4. The van der Waals surface area contributed by atoms with Gasteiger partial charge in [0, 0.05) is 0 Å². The van der Waals surface area contributed by atoms with Gasteiger partial charge in [0.2, 0.25) is 4.73 Å². The first-order chi connectivity index (χ1) is 8.99. The Morgan fingerprint density at radius 3 is 2.58 bits per heavy atom. The highest BCUT2D eigenvalue weighted by Crippen LogP contribution is 2.13. The maximum Gasteiger partial charge on any atom is 0.297 e. The Balaban J connectivity index is 1.98. The number of halogens is 1. The van der Waals surface area contributed by atoms with Gasteiger partial charge >= 0.3 is 0 Å². The van der Waals surface area contributed by atoms with Gasteiger partial charge in [-0.25, -0.2) is 4.68 Å².